The van der Waals surface area contributed by atoms with E-state index in [9.17, 15) is 0 Å². The van der Waals surface area contributed by atoms with Gasteiger partial charge in [-0.3, -0.25) is 4.90 Å². The summed E-state index contributed by atoms with van der Waals surface area (Å²) in [6, 6.07) is 0.816. The SMILES string of the molecule is Cc1cnc(N2CCN(C3CCC(C(C)C)CC3)CC2)nc1. The minimum atomic E-state index is 0.816. The van der Waals surface area contributed by atoms with Gasteiger partial charge in [0.2, 0.25) is 5.95 Å². The molecule has 0 aromatic carbocycles. The molecule has 0 spiro atoms. The molecule has 4 heteroatoms. The molecule has 1 saturated carbocycles. The molecule has 0 amide bonds. The van der Waals surface area contributed by atoms with Crippen LogP contribution in [0.15, 0.2) is 12.4 Å². The zero-order valence-electron chi connectivity index (χ0n) is 14.3. The smallest absolute Gasteiger partial charge is 0.225 e. The van der Waals surface area contributed by atoms with Crippen LogP contribution in [0.5, 0.6) is 0 Å². The first kappa shape index (κ1) is 15.7. The monoisotopic (exact) mass is 302 g/mol. The van der Waals surface area contributed by atoms with Crippen molar-refractivity contribution < 1.29 is 0 Å². The van der Waals surface area contributed by atoms with Crippen LogP contribution in [0, 0.1) is 18.8 Å². The number of aromatic nitrogens is 2. The molecule has 0 radical (unpaired) electrons. The molecule has 2 aliphatic rings. The van der Waals surface area contributed by atoms with E-state index in [4.69, 9.17) is 0 Å². The molecular weight excluding hydrogens is 272 g/mol. The van der Waals surface area contributed by atoms with Crippen molar-refractivity contribution >= 4 is 5.95 Å². The Morgan fingerprint density at radius 2 is 1.55 bits per heavy atom. The van der Waals surface area contributed by atoms with Crippen LogP contribution >= 0.6 is 0 Å². The molecule has 1 aliphatic carbocycles. The molecule has 1 aromatic rings. The molecule has 0 N–H and O–H groups in total. The largest absolute Gasteiger partial charge is 0.338 e. The number of nitrogens with zero attached hydrogens (tertiary/aromatic N) is 4. The Kier molecular flexibility index (Phi) is 4.97. The van der Waals surface area contributed by atoms with E-state index in [0.29, 0.717) is 0 Å². The van der Waals surface area contributed by atoms with Crippen LogP contribution in [0.2, 0.25) is 0 Å². The molecular formula is C18H30N4. The molecule has 4 nitrogen and oxygen atoms in total. The van der Waals surface area contributed by atoms with Gasteiger partial charge in [0, 0.05) is 44.6 Å². The van der Waals surface area contributed by atoms with Crippen LogP contribution in [0.3, 0.4) is 0 Å². The van der Waals surface area contributed by atoms with E-state index in [2.05, 4.69) is 33.6 Å². The summed E-state index contributed by atoms with van der Waals surface area (Å²) in [5.74, 6) is 2.71. The summed E-state index contributed by atoms with van der Waals surface area (Å²) in [5.41, 5.74) is 1.13. The van der Waals surface area contributed by atoms with Crippen LogP contribution in [-0.4, -0.2) is 47.1 Å². The zero-order chi connectivity index (χ0) is 15.5. The van der Waals surface area contributed by atoms with Crippen molar-refractivity contribution in [2.45, 2.75) is 52.5 Å². The first-order valence-corrected chi connectivity index (χ1v) is 8.91. The third-order valence-corrected chi connectivity index (χ3v) is 5.56. The fraction of sp³-hybridized carbons (Fsp3) is 0.778. The van der Waals surface area contributed by atoms with Gasteiger partial charge in [-0.1, -0.05) is 13.8 Å². The van der Waals surface area contributed by atoms with Crippen molar-refractivity contribution in [3.8, 4) is 0 Å². The maximum atomic E-state index is 4.47. The summed E-state index contributed by atoms with van der Waals surface area (Å²) in [6.07, 6.45) is 9.46. The molecule has 3 rings (SSSR count). The van der Waals surface area contributed by atoms with Gasteiger partial charge in [0.25, 0.3) is 0 Å². The molecule has 0 atom stereocenters. The fourth-order valence-electron chi connectivity index (χ4n) is 3.97. The maximum Gasteiger partial charge on any atom is 0.225 e. The fourth-order valence-corrected chi connectivity index (χ4v) is 3.97. The Labute approximate surface area is 134 Å². The molecule has 1 aliphatic heterocycles. The van der Waals surface area contributed by atoms with Crippen LogP contribution in [0.1, 0.15) is 45.1 Å². The third kappa shape index (κ3) is 3.60. The Morgan fingerprint density at radius 1 is 0.955 bits per heavy atom. The second kappa shape index (κ2) is 6.95. The predicted molar refractivity (Wildman–Crippen MR) is 91.1 cm³/mol. The first-order valence-electron chi connectivity index (χ1n) is 8.91. The Hall–Kier alpha value is -1.16. The van der Waals surface area contributed by atoms with Crippen molar-refractivity contribution in [2.24, 2.45) is 11.8 Å². The predicted octanol–water partition coefficient (Wildman–Crippen LogP) is 3.12. The molecule has 22 heavy (non-hydrogen) atoms. The molecule has 1 saturated heterocycles. The lowest BCUT2D eigenvalue weighted by molar-refractivity contribution is 0.117. The van der Waals surface area contributed by atoms with Gasteiger partial charge < -0.3 is 4.90 Å². The number of piperazine rings is 1. The van der Waals surface area contributed by atoms with Crippen LogP contribution < -0.4 is 4.90 Å². The molecule has 1 aromatic heterocycles. The normalized spacial score (nSPS) is 27.4. The van der Waals surface area contributed by atoms with E-state index in [-0.39, 0.29) is 0 Å². The molecule has 0 bridgehead atoms. The van der Waals surface area contributed by atoms with E-state index < -0.39 is 0 Å². The average molecular weight is 302 g/mol. The van der Waals surface area contributed by atoms with E-state index in [1.165, 1.54) is 25.7 Å². The molecule has 0 unspecified atom stereocenters. The van der Waals surface area contributed by atoms with Crippen molar-refractivity contribution in [1.29, 1.82) is 0 Å². The lowest BCUT2D eigenvalue weighted by Gasteiger charge is -2.42. The maximum absolute atomic E-state index is 4.47. The summed E-state index contributed by atoms with van der Waals surface area (Å²) in [4.78, 5) is 14.0. The Bertz CT molecular complexity index is 454. The van der Waals surface area contributed by atoms with Gasteiger partial charge in [0.05, 0.1) is 0 Å². The summed E-state index contributed by atoms with van der Waals surface area (Å²) in [5, 5.41) is 0. The van der Waals surface area contributed by atoms with Gasteiger partial charge in [0.1, 0.15) is 0 Å². The Morgan fingerprint density at radius 3 is 2.09 bits per heavy atom. The van der Waals surface area contributed by atoms with E-state index in [0.717, 1.165) is 55.6 Å². The highest BCUT2D eigenvalue weighted by Gasteiger charge is 2.29. The third-order valence-electron chi connectivity index (χ3n) is 5.56. The van der Waals surface area contributed by atoms with Crippen molar-refractivity contribution in [1.82, 2.24) is 14.9 Å². The number of anilines is 1. The van der Waals surface area contributed by atoms with Crippen LogP contribution in [0.4, 0.5) is 5.95 Å². The number of rotatable bonds is 3. The topological polar surface area (TPSA) is 32.3 Å². The highest BCUT2D eigenvalue weighted by Crippen LogP contribution is 2.32. The van der Waals surface area contributed by atoms with Gasteiger partial charge in [-0.05, 0) is 50.0 Å². The van der Waals surface area contributed by atoms with Gasteiger partial charge in [-0.15, -0.1) is 0 Å². The lowest BCUT2D eigenvalue weighted by Crippen LogP contribution is -2.51. The highest BCUT2D eigenvalue weighted by atomic mass is 15.3. The van der Waals surface area contributed by atoms with Crippen molar-refractivity contribution in [2.75, 3.05) is 31.1 Å². The lowest BCUT2D eigenvalue weighted by atomic mass is 9.79. The summed E-state index contributed by atoms with van der Waals surface area (Å²) >= 11 is 0. The molecule has 2 fully saturated rings. The molecule has 2 heterocycles. The van der Waals surface area contributed by atoms with Gasteiger partial charge >= 0.3 is 0 Å². The number of hydrogen-bond donors (Lipinski definition) is 0. The van der Waals surface area contributed by atoms with Crippen molar-refractivity contribution in [3.63, 3.8) is 0 Å². The zero-order valence-corrected chi connectivity index (χ0v) is 14.3. The minimum Gasteiger partial charge on any atom is -0.338 e. The number of aryl methyl sites for hydroxylation is 1. The van der Waals surface area contributed by atoms with E-state index in [1.807, 2.05) is 19.3 Å². The standard InChI is InChI=1S/C18H30N4/c1-14(2)16-4-6-17(7-5-16)21-8-10-22(11-9-21)18-19-12-15(3)13-20-18/h12-14,16-17H,4-11H2,1-3H3. The summed E-state index contributed by atoms with van der Waals surface area (Å²) in [6.45, 7) is 11.2. The summed E-state index contributed by atoms with van der Waals surface area (Å²) < 4.78 is 0. The van der Waals surface area contributed by atoms with Crippen LogP contribution in [-0.2, 0) is 0 Å². The summed E-state index contributed by atoms with van der Waals surface area (Å²) in [7, 11) is 0. The first-order chi connectivity index (χ1) is 10.6. The van der Waals surface area contributed by atoms with Gasteiger partial charge in [-0.2, -0.15) is 0 Å². The molecule has 122 valence electrons. The van der Waals surface area contributed by atoms with E-state index >= 15 is 0 Å². The minimum absolute atomic E-state index is 0.816. The average Bonchev–Trinajstić information content (AvgIpc) is 2.56. The second-order valence-electron chi connectivity index (χ2n) is 7.40. The van der Waals surface area contributed by atoms with Gasteiger partial charge in [0.15, 0.2) is 0 Å². The second-order valence-corrected chi connectivity index (χ2v) is 7.40. The van der Waals surface area contributed by atoms with Crippen molar-refractivity contribution in [3.05, 3.63) is 18.0 Å². The van der Waals surface area contributed by atoms with Gasteiger partial charge in [-0.25, -0.2) is 9.97 Å². The quantitative estimate of drug-likeness (QED) is 0.859. The Balaban J connectivity index is 1.49. The van der Waals surface area contributed by atoms with E-state index in [1.54, 1.807) is 0 Å². The highest BCUT2D eigenvalue weighted by molar-refractivity contribution is 5.30. The number of hydrogen-bond acceptors (Lipinski definition) is 4. The van der Waals surface area contributed by atoms with Crippen LogP contribution in [0.25, 0.3) is 0 Å².